The van der Waals surface area contributed by atoms with Gasteiger partial charge in [-0.25, -0.2) is 0 Å². The van der Waals surface area contributed by atoms with Gasteiger partial charge in [-0.2, -0.15) is 0 Å². The molecule has 1 N–H and O–H groups in total. The van der Waals surface area contributed by atoms with Crippen LogP contribution < -0.4 is 5.32 Å². The topological polar surface area (TPSA) is 24.9 Å². The molecule has 0 aromatic carbocycles. The van der Waals surface area contributed by atoms with Gasteiger partial charge in [0.15, 0.2) is 0 Å². The summed E-state index contributed by atoms with van der Waals surface area (Å²) < 4.78 is 0. The first-order valence-corrected chi connectivity index (χ1v) is 6.23. The molecule has 1 rings (SSSR count). The molecule has 0 aliphatic heterocycles. The Balaban J connectivity index is 2.53. The van der Waals surface area contributed by atoms with Gasteiger partial charge in [-0.15, -0.1) is 0 Å². The summed E-state index contributed by atoms with van der Waals surface area (Å²) in [6.07, 6.45) is 5.63. The molecule has 1 heterocycles. The van der Waals surface area contributed by atoms with Gasteiger partial charge in [0.05, 0.1) is 5.69 Å². The van der Waals surface area contributed by atoms with Gasteiger partial charge >= 0.3 is 0 Å². The highest BCUT2D eigenvalue weighted by molar-refractivity contribution is 5.17. The maximum Gasteiger partial charge on any atom is 0.0575 e. The second-order valence-corrected chi connectivity index (χ2v) is 4.92. The highest BCUT2D eigenvalue weighted by Crippen LogP contribution is 2.19. The van der Waals surface area contributed by atoms with Gasteiger partial charge in [0, 0.05) is 12.2 Å². The predicted octanol–water partition coefficient (Wildman–Crippen LogP) is 3.48. The maximum atomic E-state index is 4.45. The average Bonchev–Trinajstić information content (AvgIpc) is 2.24. The van der Waals surface area contributed by atoms with Crippen molar-refractivity contribution in [1.29, 1.82) is 0 Å². The average molecular weight is 220 g/mol. The summed E-state index contributed by atoms with van der Waals surface area (Å²) in [5.74, 6) is 0.794. The molecule has 1 atom stereocenters. The van der Waals surface area contributed by atoms with Crippen LogP contribution in [0.4, 0.5) is 0 Å². The van der Waals surface area contributed by atoms with Gasteiger partial charge in [-0.05, 0) is 44.0 Å². The fraction of sp³-hybridized carbons (Fsp3) is 0.643. The molecular weight excluding hydrogens is 196 g/mol. The van der Waals surface area contributed by atoms with E-state index in [1.165, 1.54) is 30.5 Å². The van der Waals surface area contributed by atoms with Crippen molar-refractivity contribution in [2.24, 2.45) is 5.92 Å². The van der Waals surface area contributed by atoms with E-state index < -0.39 is 0 Å². The highest BCUT2D eigenvalue weighted by Gasteiger charge is 2.10. The predicted molar refractivity (Wildman–Crippen MR) is 69.5 cm³/mol. The van der Waals surface area contributed by atoms with Crippen LogP contribution in [0.15, 0.2) is 18.3 Å². The van der Waals surface area contributed by atoms with Crippen LogP contribution in [0.3, 0.4) is 0 Å². The smallest absolute Gasteiger partial charge is 0.0575 e. The van der Waals surface area contributed by atoms with E-state index in [1.54, 1.807) is 0 Å². The zero-order chi connectivity index (χ0) is 12.0. The summed E-state index contributed by atoms with van der Waals surface area (Å²) in [7, 11) is 2.02. The summed E-state index contributed by atoms with van der Waals surface area (Å²) in [5.41, 5.74) is 2.46. The number of pyridine rings is 1. The van der Waals surface area contributed by atoms with E-state index in [1.807, 2.05) is 19.3 Å². The Kier molecular flexibility index (Phi) is 5.47. The minimum atomic E-state index is 0.402. The van der Waals surface area contributed by atoms with E-state index in [0.29, 0.717) is 6.04 Å². The van der Waals surface area contributed by atoms with Crippen LogP contribution in [0, 0.1) is 12.8 Å². The maximum absolute atomic E-state index is 4.45. The lowest BCUT2D eigenvalue weighted by molar-refractivity contribution is 0.464. The molecule has 2 nitrogen and oxygen atoms in total. The van der Waals surface area contributed by atoms with Crippen LogP contribution in [0.25, 0.3) is 0 Å². The Bertz CT molecular complexity index is 307. The molecule has 16 heavy (non-hydrogen) atoms. The van der Waals surface area contributed by atoms with Crippen molar-refractivity contribution >= 4 is 0 Å². The third kappa shape index (κ3) is 4.31. The first kappa shape index (κ1) is 13.2. The van der Waals surface area contributed by atoms with Gasteiger partial charge in [0.2, 0.25) is 0 Å². The normalized spacial score (nSPS) is 13.1. The Morgan fingerprint density at radius 3 is 2.62 bits per heavy atom. The van der Waals surface area contributed by atoms with Crippen LogP contribution >= 0.6 is 0 Å². The van der Waals surface area contributed by atoms with Crippen molar-refractivity contribution < 1.29 is 0 Å². The highest BCUT2D eigenvalue weighted by atomic mass is 14.9. The number of rotatable bonds is 6. The lowest BCUT2D eigenvalue weighted by atomic mass is 10.0. The van der Waals surface area contributed by atoms with Crippen LogP contribution in [0.2, 0.25) is 0 Å². The molecule has 0 bridgehead atoms. The van der Waals surface area contributed by atoms with E-state index in [0.717, 1.165) is 5.92 Å². The number of hydrogen-bond donors (Lipinski definition) is 1. The van der Waals surface area contributed by atoms with E-state index in [-0.39, 0.29) is 0 Å². The molecule has 0 amide bonds. The van der Waals surface area contributed by atoms with Crippen LogP contribution in [-0.4, -0.2) is 12.0 Å². The van der Waals surface area contributed by atoms with Crippen molar-refractivity contribution in [3.05, 3.63) is 29.6 Å². The van der Waals surface area contributed by atoms with Crippen molar-refractivity contribution in [2.45, 2.75) is 46.1 Å². The summed E-state index contributed by atoms with van der Waals surface area (Å²) >= 11 is 0. The van der Waals surface area contributed by atoms with E-state index >= 15 is 0 Å². The van der Waals surface area contributed by atoms with Crippen molar-refractivity contribution in [3.8, 4) is 0 Å². The second kappa shape index (κ2) is 6.64. The minimum Gasteiger partial charge on any atom is -0.312 e. The Labute approximate surface area is 99.5 Å². The summed E-state index contributed by atoms with van der Waals surface area (Å²) in [4.78, 5) is 4.45. The SMILES string of the molecule is CNC(CCCC(C)C)c1cc(C)ccn1. The molecule has 1 unspecified atom stereocenters. The first-order valence-electron chi connectivity index (χ1n) is 6.23. The third-order valence-electron chi connectivity index (χ3n) is 2.92. The number of aromatic nitrogens is 1. The van der Waals surface area contributed by atoms with Crippen molar-refractivity contribution in [3.63, 3.8) is 0 Å². The number of nitrogens with one attached hydrogen (secondary N) is 1. The van der Waals surface area contributed by atoms with Crippen LogP contribution in [-0.2, 0) is 0 Å². The molecule has 1 aromatic heterocycles. The molecule has 0 aliphatic carbocycles. The largest absolute Gasteiger partial charge is 0.312 e. The zero-order valence-corrected chi connectivity index (χ0v) is 11.0. The fourth-order valence-electron chi connectivity index (χ4n) is 1.92. The lowest BCUT2D eigenvalue weighted by Crippen LogP contribution is -2.17. The number of hydrogen-bond acceptors (Lipinski definition) is 2. The number of nitrogens with zero attached hydrogens (tertiary/aromatic N) is 1. The third-order valence-corrected chi connectivity index (χ3v) is 2.92. The second-order valence-electron chi connectivity index (χ2n) is 4.92. The molecule has 0 saturated carbocycles. The Hall–Kier alpha value is -0.890. The van der Waals surface area contributed by atoms with Gasteiger partial charge in [0.1, 0.15) is 0 Å². The molecule has 0 aliphatic rings. The Morgan fingerprint density at radius 2 is 2.06 bits per heavy atom. The van der Waals surface area contributed by atoms with Gasteiger partial charge < -0.3 is 5.32 Å². The molecule has 0 fully saturated rings. The molecule has 0 radical (unpaired) electrons. The monoisotopic (exact) mass is 220 g/mol. The molecule has 90 valence electrons. The molecule has 2 heteroatoms. The minimum absolute atomic E-state index is 0.402. The van der Waals surface area contributed by atoms with E-state index in [4.69, 9.17) is 0 Å². The summed E-state index contributed by atoms with van der Waals surface area (Å²) in [6, 6.07) is 4.62. The van der Waals surface area contributed by atoms with Gasteiger partial charge in [-0.3, -0.25) is 4.98 Å². The Morgan fingerprint density at radius 1 is 1.31 bits per heavy atom. The quantitative estimate of drug-likeness (QED) is 0.794. The molecular formula is C14H24N2. The van der Waals surface area contributed by atoms with E-state index in [2.05, 4.69) is 37.1 Å². The zero-order valence-electron chi connectivity index (χ0n) is 11.0. The summed E-state index contributed by atoms with van der Waals surface area (Å²) in [5, 5.41) is 3.36. The van der Waals surface area contributed by atoms with Crippen molar-refractivity contribution in [2.75, 3.05) is 7.05 Å². The summed E-state index contributed by atoms with van der Waals surface area (Å²) in [6.45, 7) is 6.67. The van der Waals surface area contributed by atoms with Gasteiger partial charge in [0.25, 0.3) is 0 Å². The molecule has 0 spiro atoms. The standard InChI is InChI=1S/C14H24N2/c1-11(2)6-5-7-13(15-4)14-10-12(3)8-9-16-14/h8-11,13,15H,5-7H2,1-4H3. The van der Waals surface area contributed by atoms with Crippen LogP contribution in [0.5, 0.6) is 0 Å². The van der Waals surface area contributed by atoms with Gasteiger partial charge in [-0.1, -0.05) is 26.7 Å². The molecule has 1 aromatic rings. The van der Waals surface area contributed by atoms with Crippen molar-refractivity contribution in [1.82, 2.24) is 10.3 Å². The fourth-order valence-corrected chi connectivity index (χ4v) is 1.92. The lowest BCUT2D eigenvalue weighted by Gasteiger charge is -2.16. The van der Waals surface area contributed by atoms with Crippen LogP contribution in [0.1, 0.15) is 50.4 Å². The number of aryl methyl sites for hydroxylation is 1. The van der Waals surface area contributed by atoms with E-state index in [9.17, 15) is 0 Å². The molecule has 0 saturated heterocycles. The first-order chi connectivity index (χ1) is 7.63.